The fraction of sp³-hybridized carbons (Fsp3) is 0.333. The van der Waals surface area contributed by atoms with Gasteiger partial charge in [0.25, 0.3) is 5.24 Å². The minimum atomic E-state index is -0.987. The van der Waals surface area contributed by atoms with Crippen molar-refractivity contribution >= 4 is 45.4 Å². The maximum absolute atomic E-state index is 12.5. The maximum atomic E-state index is 12.5. The van der Waals surface area contributed by atoms with Gasteiger partial charge in [0, 0.05) is 46.8 Å². The minimum absolute atomic E-state index is 0.0545. The summed E-state index contributed by atoms with van der Waals surface area (Å²) in [5.41, 5.74) is 2.94. The molecule has 1 amide bonds. The molecular weight excluding hydrogens is 513 g/mol. The first-order chi connectivity index (χ1) is 17.3. The molecule has 0 spiro atoms. The van der Waals surface area contributed by atoms with Crippen LogP contribution < -0.4 is 0 Å². The molecule has 2 aromatic rings. The van der Waals surface area contributed by atoms with Crippen LogP contribution in [0.1, 0.15) is 34.4 Å². The number of amides is 1. The average molecular weight is 543 g/mol. The third kappa shape index (κ3) is 9.19. The summed E-state index contributed by atoms with van der Waals surface area (Å²) < 4.78 is 0. The molecule has 2 heterocycles. The van der Waals surface area contributed by atoms with E-state index in [4.69, 9.17) is 5.11 Å². The number of carboxylic acid groups (broad SMARTS) is 1. The van der Waals surface area contributed by atoms with E-state index in [-0.39, 0.29) is 5.24 Å². The molecule has 1 aliphatic rings. The first kappa shape index (κ1) is 28.1. The van der Waals surface area contributed by atoms with Gasteiger partial charge in [0.2, 0.25) is 0 Å². The van der Waals surface area contributed by atoms with E-state index in [1.54, 1.807) is 28.5 Å². The number of carbonyl (C=O) groups is 2. The lowest BCUT2D eigenvalue weighted by molar-refractivity contribution is 0.0150. The van der Waals surface area contributed by atoms with Crippen molar-refractivity contribution in [3.8, 4) is 11.8 Å². The van der Waals surface area contributed by atoms with Gasteiger partial charge >= 0.3 is 5.30 Å². The predicted octanol–water partition coefficient (Wildman–Crippen LogP) is 6.01. The Labute approximate surface area is 225 Å². The summed E-state index contributed by atoms with van der Waals surface area (Å²) in [6.07, 6.45) is 4.10. The molecule has 9 heteroatoms. The summed E-state index contributed by atoms with van der Waals surface area (Å²) in [6, 6.07) is 9.99. The highest BCUT2D eigenvalue weighted by Gasteiger charge is 2.27. The van der Waals surface area contributed by atoms with Crippen molar-refractivity contribution in [2.24, 2.45) is 0 Å². The first-order valence-electron chi connectivity index (χ1n) is 11.6. The van der Waals surface area contributed by atoms with Crippen LogP contribution in [-0.4, -0.2) is 62.3 Å². The summed E-state index contributed by atoms with van der Waals surface area (Å²) in [4.78, 5) is 25.5. The van der Waals surface area contributed by atoms with E-state index < -0.39 is 11.4 Å². The van der Waals surface area contributed by atoms with Gasteiger partial charge in [-0.2, -0.15) is 0 Å². The molecule has 1 aliphatic heterocycles. The number of hydrogen-bond donors (Lipinski definition) is 2. The van der Waals surface area contributed by atoms with Crippen LogP contribution in [0.2, 0.25) is 0 Å². The lowest BCUT2D eigenvalue weighted by Gasteiger charge is -2.38. The lowest BCUT2D eigenvalue weighted by Crippen LogP contribution is -2.50. The third-order valence-corrected chi connectivity index (χ3v) is 7.90. The Morgan fingerprint density at radius 3 is 2.81 bits per heavy atom. The molecule has 1 aromatic heterocycles. The zero-order chi connectivity index (χ0) is 25.9. The van der Waals surface area contributed by atoms with Crippen molar-refractivity contribution in [2.75, 3.05) is 25.4 Å². The Balaban J connectivity index is 1.55. The van der Waals surface area contributed by atoms with Crippen LogP contribution >= 0.6 is 34.9 Å². The number of thiophene rings is 1. The van der Waals surface area contributed by atoms with E-state index in [0.717, 1.165) is 28.5 Å². The number of nitrogens with zero attached hydrogens (tertiary/aromatic N) is 2. The van der Waals surface area contributed by atoms with Gasteiger partial charge in [-0.25, -0.2) is 9.80 Å². The fourth-order valence-electron chi connectivity index (χ4n) is 3.74. The molecule has 1 aromatic carbocycles. The molecule has 0 radical (unpaired) electrons. The number of thioether (sulfide) groups is 2. The van der Waals surface area contributed by atoms with Crippen molar-refractivity contribution < 1.29 is 19.8 Å². The number of rotatable bonds is 10. The van der Waals surface area contributed by atoms with E-state index in [1.165, 1.54) is 16.6 Å². The normalized spacial score (nSPS) is 15.3. The van der Waals surface area contributed by atoms with Gasteiger partial charge in [-0.15, -0.1) is 11.3 Å². The molecule has 0 saturated carbocycles. The minimum Gasteiger partial charge on any atom is -0.473 e. The van der Waals surface area contributed by atoms with E-state index in [2.05, 4.69) is 31.4 Å². The molecule has 0 aliphatic carbocycles. The molecule has 1 fully saturated rings. The maximum Gasteiger partial charge on any atom is 0.369 e. The second kappa shape index (κ2) is 14.3. The zero-order valence-electron chi connectivity index (χ0n) is 20.2. The van der Waals surface area contributed by atoms with Gasteiger partial charge in [0.15, 0.2) is 0 Å². The van der Waals surface area contributed by atoms with E-state index in [1.807, 2.05) is 34.7 Å². The fourth-order valence-corrected chi connectivity index (χ4v) is 5.79. The number of allylic oxidation sites excluding steroid dienone is 2. The van der Waals surface area contributed by atoms with Gasteiger partial charge in [-0.05, 0) is 66.6 Å². The van der Waals surface area contributed by atoms with Crippen molar-refractivity contribution in [3.05, 3.63) is 80.9 Å². The topological polar surface area (TPSA) is 81.1 Å². The van der Waals surface area contributed by atoms with Gasteiger partial charge in [-0.1, -0.05) is 54.5 Å². The molecule has 190 valence electrons. The Morgan fingerprint density at radius 2 is 2.08 bits per heavy atom. The number of aliphatic hydroxyl groups is 1. The Kier molecular flexibility index (Phi) is 11.2. The number of carbonyl (C=O) groups excluding carboxylic acids is 1. The van der Waals surface area contributed by atoms with Crippen molar-refractivity contribution in [1.82, 2.24) is 10.0 Å². The van der Waals surface area contributed by atoms with Crippen LogP contribution in [0.4, 0.5) is 9.59 Å². The summed E-state index contributed by atoms with van der Waals surface area (Å²) >= 11 is 3.67. The van der Waals surface area contributed by atoms with Gasteiger partial charge < -0.3 is 10.2 Å². The molecule has 36 heavy (non-hydrogen) atoms. The van der Waals surface area contributed by atoms with E-state index >= 15 is 0 Å². The van der Waals surface area contributed by atoms with Crippen LogP contribution in [0, 0.1) is 18.8 Å². The molecule has 6 nitrogen and oxygen atoms in total. The van der Waals surface area contributed by atoms with Crippen molar-refractivity contribution in [1.29, 1.82) is 0 Å². The monoisotopic (exact) mass is 542 g/mol. The second-order valence-electron chi connectivity index (χ2n) is 8.22. The van der Waals surface area contributed by atoms with Crippen LogP contribution in [-0.2, 0) is 6.42 Å². The summed E-state index contributed by atoms with van der Waals surface area (Å²) in [5, 5.41) is 24.4. The largest absolute Gasteiger partial charge is 0.473 e. The molecule has 1 saturated heterocycles. The second-order valence-corrected chi connectivity index (χ2v) is 11.5. The quantitative estimate of drug-likeness (QED) is 0.281. The Hall–Kier alpha value is -2.48. The zero-order valence-corrected chi connectivity index (χ0v) is 22.6. The molecular formula is C27H30N2O4S3. The first-order valence-corrected chi connectivity index (χ1v) is 14.3. The van der Waals surface area contributed by atoms with Crippen LogP contribution in [0.3, 0.4) is 0 Å². The number of hydrazine groups is 1. The highest BCUT2D eigenvalue weighted by Crippen LogP contribution is 2.25. The smallest absolute Gasteiger partial charge is 0.369 e. The highest BCUT2D eigenvalue weighted by atomic mass is 32.2. The standard InChI is InChI=1S/C27H30N2O4S3/c1-3-5-25(36-27(32)33)11-13-29-26(31)34-15-14-28(29)12-10-24(30)18-22-7-4-6-21(17-22)8-9-23-16-20(2)35-19-23/h3-7,16-17,19,24,30H,1,10-15,18H2,2H3,(H,32,33)/b25-5-. The van der Waals surface area contributed by atoms with E-state index in [9.17, 15) is 14.7 Å². The number of hydrogen-bond acceptors (Lipinski definition) is 7. The lowest BCUT2D eigenvalue weighted by atomic mass is 10.0. The third-order valence-electron chi connectivity index (χ3n) is 5.42. The van der Waals surface area contributed by atoms with Gasteiger partial charge in [-0.3, -0.25) is 9.80 Å². The van der Waals surface area contributed by atoms with Crippen LogP contribution in [0.15, 0.2) is 59.3 Å². The van der Waals surface area contributed by atoms with Crippen molar-refractivity contribution in [3.63, 3.8) is 0 Å². The van der Waals surface area contributed by atoms with Crippen LogP contribution in [0.25, 0.3) is 0 Å². The Bertz CT molecular complexity index is 1170. The summed E-state index contributed by atoms with van der Waals surface area (Å²) in [7, 11) is 0. The van der Waals surface area contributed by atoms with Gasteiger partial charge in [0.05, 0.1) is 6.10 Å². The molecule has 3 rings (SSSR count). The summed E-state index contributed by atoms with van der Waals surface area (Å²) in [5.74, 6) is 7.07. The SMILES string of the molecule is C=C/C=C(/CCN1C(=O)SCCN1CCC(O)Cc1cccc(C#Cc2csc(C)c2)c1)SC(=O)O. The molecule has 1 unspecified atom stereocenters. The van der Waals surface area contributed by atoms with Gasteiger partial charge in [0.1, 0.15) is 0 Å². The predicted molar refractivity (Wildman–Crippen MR) is 150 cm³/mol. The molecule has 1 atom stereocenters. The Morgan fingerprint density at radius 1 is 1.28 bits per heavy atom. The number of benzene rings is 1. The molecule has 0 bridgehead atoms. The average Bonchev–Trinajstić information content (AvgIpc) is 3.26. The van der Waals surface area contributed by atoms with Crippen LogP contribution in [0.5, 0.6) is 0 Å². The number of aryl methyl sites for hydroxylation is 1. The summed E-state index contributed by atoms with van der Waals surface area (Å²) in [6.45, 7) is 7.31. The van der Waals surface area contributed by atoms with Crippen molar-refractivity contribution in [2.45, 2.75) is 32.3 Å². The highest BCUT2D eigenvalue weighted by molar-refractivity contribution is 8.16. The molecule has 2 N–H and O–H groups in total. The van der Waals surface area contributed by atoms with E-state index in [0.29, 0.717) is 49.6 Å². The number of aliphatic hydroxyl groups excluding tert-OH is 1.